The highest BCUT2D eigenvalue weighted by molar-refractivity contribution is 7.99. The van der Waals surface area contributed by atoms with E-state index in [2.05, 4.69) is 15.1 Å². The summed E-state index contributed by atoms with van der Waals surface area (Å²) in [6.07, 6.45) is 6.88. The third kappa shape index (κ3) is 3.05. The van der Waals surface area contributed by atoms with Gasteiger partial charge in [-0.3, -0.25) is 9.78 Å². The van der Waals surface area contributed by atoms with Gasteiger partial charge in [0.25, 0.3) is 5.56 Å². The van der Waals surface area contributed by atoms with Crippen LogP contribution >= 0.6 is 23.4 Å². The van der Waals surface area contributed by atoms with Crippen LogP contribution < -0.4 is 5.56 Å². The Morgan fingerprint density at radius 3 is 2.91 bits per heavy atom. The smallest absolute Gasteiger partial charge is 0.286 e. The molecule has 0 spiro atoms. The van der Waals surface area contributed by atoms with Crippen molar-refractivity contribution in [3.05, 3.63) is 64.1 Å². The Hall–Kier alpha value is -2.12. The van der Waals surface area contributed by atoms with Crippen molar-refractivity contribution in [2.24, 2.45) is 7.05 Å². The van der Waals surface area contributed by atoms with Gasteiger partial charge < -0.3 is 4.57 Å². The van der Waals surface area contributed by atoms with Crippen LogP contribution in [-0.4, -0.2) is 24.3 Å². The highest BCUT2D eigenvalue weighted by Crippen LogP contribution is 2.29. The first-order valence-electron chi connectivity index (χ1n) is 6.46. The van der Waals surface area contributed by atoms with E-state index in [1.165, 1.54) is 16.4 Å². The fraction of sp³-hybridized carbons (Fsp3) is 0.143. The molecule has 0 aliphatic heterocycles. The average Bonchev–Trinajstić information content (AvgIpc) is 2.96. The molecule has 3 aromatic heterocycles. The molecule has 0 unspecified atom stereocenters. The molecule has 0 aliphatic rings. The van der Waals surface area contributed by atoms with Crippen LogP contribution in [0, 0.1) is 0 Å². The van der Waals surface area contributed by atoms with Gasteiger partial charge in [-0.25, -0.2) is 9.67 Å². The van der Waals surface area contributed by atoms with E-state index in [0.29, 0.717) is 11.4 Å². The van der Waals surface area contributed by atoms with E-state index in [0.717, 1.165) is 10.9 Å². The molecular formula is C14H12ClN5OS. The van der Waals surface area contributed by atoms with Crippen molar-refractivity contribution < 1.29 is 0 Å². The van der Waals surface area contributed by atoms with Crippen molar-refractivity contribution in [2.75, 3.05) is 0 Å². The van der Waals surface area contributed by atoms with Gasteiger partial charge in [-0.2, -0.15) is 5.10 Å². The quantitative estimate of drug-likeness (QED) is 0.732. The van der Waals surface area contributed by atoms with Gasteiger partial charge in [-0.05, 0) is 23.9 Å². The topological polar surface area (TPSA) is 65.6 Å². The molecule has 112 valence electrons. The highest BCUT2D eigenvalue weighted by atomic mass is 35.5. The molecule has 0 amide bonds. The van der Waals surface area contributed by atoms with Crippen LogP contribution in [0.4, 0.5) is 0 Å². The molecule has 0 N–H and O–H groups in total. The van der Waals surface area contributed by atoms with Crippen LogP contribution in [0.25, 0.3) is 0 Å². The second-order valence-corrected chi connectivity index (χ2v) is 5.90. The highest BCUT2D eigenvalue weighted by Gasteiger charge is 2.12. The summed E-state index contributed by atoms with van der Waals surface area (Å²) in [6, 6.07) is 5.76. The molecule has 3 rings (SSSR count). The molecule has 6 nitrogen and oxygen atoms in total. The number of pyridine rings is 1. The van der Waals surface area contributed by atoms with Crippen molar-refractivity contribution in [1.82, 2.24) is 24.3 Å². The van der Waals surface area contributed by atoms with Gasteiger partial charge in [-0.1, -0.05) is 17.7 Å². The monoisotopic (exact) mass is 333 g/mol. The zero-order valence-corrected chi connectivity index (χ0v) is 13.3. The third-order valence-corrected chi connectivity index (χ3v) is 4.51. The third-order valence-electron chi connectivity index (χ3n) is 2.98. The number of aromatic nitrogens is 5. The molecule has 0 bridgehead atoms. The van der Waals surface area contributed by atoms with Crippen LogP contribution in [0.1, 0.15) is 5.69 Å². The lowest BCUT2D eigenvalue weighted by molar-refractivity contribution is 0.687. The first kappa shape index (κ1) is 14.8. The lowest BCUT2D eigenvalue weighted by Crippen LogP contribution is -2.19. The van der Waals surface area contributed by atoms with Crippen molar-refractivity contribution in [3.8, 4) is 0 Å². The number of rotatable bonds is 4. The maximum Gasteiger partial charge on any atom is 0.286 e. The van der Waals surface area contributed by atoms with Crippen LogP contribution in [-0.2, 0) is 13.6 Å². The van der Waals surface area contributed by atoms with Gasteiger partial charge in [0.15, 0.2) is 5.16 Å². The lowest BCUT2D eigenvalue weighted by atomic mass is 10.3. The molecule has 0 atom stereocenters. The Bertz CT molecular complexity index is 846. The number of nitrogens with zero attached hydrogens (tertiary/aromatic N) is 5. The normalized spacial score (nSPS) is 10.8. The van der Waals surface area contributed by atoms with Crippen LogP contribution in [0.15, 0.2) is 57.8 Å². The number of hydrogen-bond acceptors (Lipinski definition) is 5. The molecule has 3 heterocycles. The standard InChI is InChI=1S/C14H12ClN5OS/c1-19-13(21)12(15)11(8-18-19)22-14-17-6-7-20(14)9-10-4-2-3-5-16-10/h2-8H,9H2,1H3. The minimum Gasteiger partial charge on any atom is -0.320 e. The maximum atomic E-state index is 11.8. The van der Waals surface area contributed by atoms with E-state index in [-0.39, 0.29) is 10.6 Å². The van der Waals surface area contributed by atoms with E-state index in [9.17, 15) is 4.79 Å². The summed E-state index contributed by atoms with van der Waals surface area (Å²) >= 11 is 7.39. The Kier molecular flexibility index (Phi) is 4.26. The number of imidazole rings is 1. The molecule has 0 radical (unpaired) electrons. The van der Waals surface area contributed by atoms with Gasteiger partial charge in [0.2, 0.25) is 0 Å². The van der Waals surface area contributed by atoms with Gasteiger partial charge in [0.1, 0.15) is 5.02 Å². The molecule has 3 aromatic rings. The van der Waals surface area contributed by atoms with Crippen molar-refractivity contribution in [2.45, 2.75) is 16.6 Å². The van der Waals surface area contributed by atoms with E-state index < -0.39 is 0 Å². The van der Waals surface area contributed by atoms with Crippen LogP contribution in [0.3, 0.4) is 0 Å². The van der Waals surface area contributed by atoms with Gasteiger partial charge in [-0.15, -0.1) is 0 Å². The summed E-state index contributed by atoms with van der Waals surface area (Å²) in [5.74, 6) is 0. The maximum absolute atomic E-state index is 11.8. The van der Waals surface area contributed by atoms with Crippen molar-refractivity contribution in [1.29, 1.82) is 0 Å². The Balaban J connectivity index is 1.87. The van der Waals surface area contributed by atoms with E-state index >= 15 is 0 Å². The predicted molar refractivity (Wildman–Crippen MR) is 84.2 cm³/mol. The van der Waals surface area contributed by atoms with Crippen LogP contribution in [0.2, 0.25) is 5.02 Å². The van der Waals surface area contributed by atoms with E-state index in [4.69, 9.17) is 11.6 Å². The first-order chi connectivity index (χ1) is 10.6. The molecule has 0 fully saturated rings. The lowest BCUT2D eigenvalue weighted by Gasteiger charge is -2.08. The fourth-order valence-corrected chi connectivity index (χ4v) is 2.97. The number of aryl methyl sites for hydroxylation is 1. The Labute approximate surface area is 135 Å². The molecule has 0 saturated heterocycles. The zero-order valence-electron chi connectivity index (χ0n) is 11.7. The fourth-order valence-electron chi connectivity index (χ4n) is 1.85. The second kappa shape index (κ2) is 6.33. The first-order valence-corrected chi connectivity index (χ1v) is 7.65. The van der Waals surface area contributed by atoms with Crippen molar-refractivity contribution >= 4 is 23.4 Å². The van der Waals surface area contributed by atoms with Gasteiger partial charge >= 0.3 is 0 Å². The largest absolute Gasteiger partial charge is 0.320 e. The molecule has 0 aromatic carbocycles. The number of halogens is 1. The summed E-state index contributed by atoms with van der Waals surface area (Å²) in [6.45, 7) is 0.596. The molecule has 22 heavy (non-hydrogen) atoms. The zero-order chi connectivity index (χ0) is 15.5. The summed E-state index contributed by atoms with van der Waals surface area (Å²) in [4.78, 5) is 21.0. The molecule has 0 aliphatic carbocycles. The Morgan fingerprint density at radius 1 is 1.27 bits per heavy atom. The second-order valence-electron chi connectivity index (χ2n) is 4.51. The summed E-state index contributed by atoms with van der Waals surface area (Å²) in [7, 11) is 1.56. The van der Waals surface area contributed by atoms with E-state index in [1.54, 1.807) is 25.6 Å². The minimum atomic E-state index is -0.325. The summed E-state index contributed by atoms with van der Waals surface area (Å²) in [5.41, 5.74) is 0.602. The molecule has 0 saturated carbocycles. The van der Waals surface area contributed by atoms with Gasteiger partial charge in [0.05, 0.1) is 23.3 Å². The average molecular weight is 334 g/mol. The summed E-state index contributed by atoms with van der Waals surface area (Å²) in [5, 5.41) is 4.86. The predicted octanol–water partition coefficient (Wildman–Crippen LogP) is 2.22. The van der Waals surface area contributed by atoms with Crippen LogP contribution in [0.5, 0.6) is 0 Å². The molecule has 8 heteroatoms. The summed E-state index contributed by atoms with van der Waals surface area (Å²) < 4.78 is 3.15. The SMILES string of the molecule is Cn1ncc(Sc2nccn2Cc2ccccn2)c(Cl)c1=O. The minimum absolute atomic E-state index is 0.148. The molecular weight excluding hydrogens is 322 g/mol. The van der Waals surface area contributed by atoms with Crippen molar-refractivity contribution in [3.63, 3.8) is 0 Å². The Morgan fingerprint density at radius 2 is 2.14 bits per heavy atom. The van der Waals surface area contributed by atoms with E-state index in [1.807, 2.05) is 29.0 Å². The number of hydrogen-bond donors (Lipinski definition) is 0. The van der Waals surface area contributed by atoms with Gasteiger partial charge in [0, 0.05) is 25.6 Å².